The summed E-state index contributed by atoms with van der Waals surface area (Å²) in [5.41, 5.74) is 0.711. The van der Waals surface area contributed by atoms with Gasteiger partial charge in [-0.25, -0.2) is 4.98 Å². The molecule has 0 fully saturated rings. The molecule has 2 rings (SSSR count). The Morgan fingerprint density at radius 2 is 1.91 bits per heavy atom. The van der Waals surface area contributed by atoms with Gasteiger partial charge in [-0.15, -0.1) is 0 Å². The molecule has 0 atom stereocenters. The van der Waals surface area contributed by atoms with Crippen molar-refractivity contribution in [2.24, 2.45) is 0 Å². The normalized spacial score (nSPS) is 10.4. The molecule has 1 amide bonds. The minimum Gasteiger partial charge on any atom is -0.356 e. The molecule has 0 aliphatic rings. The molecule has 0 aliphatic heterocycles. The first-order valence-electron chi connectivity index (χ1n) is 7.56. The maximum atomic E-state index is 11.9. The van der Waals surface area contributed by atoms with Crippen LogP contribution in [0.2, 0.25) is 0 Å². The van der Waals surface area contributed by atoms with Crippen LogP contribution in [0.25, 0.3) is 0 Å². The molecule has 0 aliphatic carbocycles. The molecule has 0 saturated heterocycles. The van der Waals surface area contributed by atoms with Gasteiger partial charge < -0.3 is 9.88 Å². The lowest BCUT2D eigenvalue weighted by atomic mass is 10.1. The minimum atomic E-state index is 0.00601. The first-order chi connectivity index (χ1) is 10.8. The van der Waals surface area contributed by atoms with Crippen LogP contribution >= 0.6 is 0 Å². The number of aryl methyl sites for hydroxylation is 1. The lowest BCUT2D eigenvalue weighted by Crippen LogP contribution is -2.25. The second-order valence-corrected chi connectivity index (χ2v) is 5.15. The Hall–Kier alpha value is -2.43. The molecule has 5 nitrogen and oxygen atoms in total. The summed E-state index contributed by atoms with van der Waals surface area (Å²) in [5.74, 6) is 0.0972. The third kappa shape index (κ3) is 5.52. The van der Waals surface area contributed by atoms with Gasteiger partial charge in [-0.1, -0.05) is 30.3 Å². The summed E-state index contributed by atoms with van der Waals surface area (Å²) in [6, 6.07) is 9.19. The molecular formula is C17H21N3O2. The summed E-state index contributed by atoms with van der Waals surface area (Å²) in [4.78, 5) is 27.5. The smallest absolute Gasteiger partial charge is 0.220 e. The molecule has 0 radical (unpaired) electrons. The minimum absolute atomic E-state index is 0.00601. The quantitative estimate of drug-likeness (QED) is 0.571. The molecule has 22 heavy (non-hydrogen) atoms. The largest absolute Gasteiger partial charge is 0.356 e. The topological polar surface area (TPSA) is 64.0 Å². The molecule has 0 spiro atoms. The van der Waals surface area contributed by atoms with Crippen molar-refractivity contribution in [3.8, 4) is 0 Å². The van der Waals surface area contributed by atoms with Crippen LogP contribution < -0.4 is 5.32 Å². The number of ketones is 1. The van der Waals surface area contributed by atoms with E-state index in [1.807, 2.05) is 29.0 Å². The number of carbonyl (C=O) groups is 2. The zero-order valence-electron chi connectivity index (χ0n) is 12.6. The van der Waals surface area contributed by atoms with Gasteiger partial charge in [0.25, 0.3) is 0 Å². The van der Waals surface area contributed by atoms with Crippen LogP contribution in [0.1, 0.15) is 36.0 Å². The molecule has 1 N–H and O–H groups in total. The standard InChI is InChI=1S/C17H21N3O2/c21-16(15-6-2-1-3-7-15)8-4-9-17(22)19-10-5-12-20-13-11-18-14-20/h1-3,6-7,11,13-14H,4-5,8-10,12H2,(H,19,22). The van der Waals surface area contributed by atoms with Gasteiger partial charge in [0.1, 0.15) is 0 Å². The van der Waals surface area contributed by atoms with Crippen molar-refractivity contribution >= 4 is 11.7 Å². The summed E-state index contributed by atoms with van der Waals surface area (Å²) in [5, 5.41) is 2.87. The van der Waals surface area contributed by atoms with Crippen molar-refractivity contribution < 1.29 is 9.59 Å². The Bertz CT molecular complexity index is 579. The number of aromatic nitrogens is 2. The number of imidazole rings is 1. The van der Waals surface area contributed by atoms with Crippen molar-refractivity contribution in [3.63, 3.8) is 0 Å². The van der Waals surface area contributed by atoms with Crippen molar-refractivity contribution in [1.82, 2.24) is 14.9 Å². The number of hydrogen-bond donors (Lipinski definition) is 1. The number of benzene rings is 1. The molecule has 1 heterocycles. The maximum Gasteiger partial charge on any atom is 0.220 e. The van der Waals surface area contributed by atoms with Gasteiger partial charge in [0.15, 0.2) is 5.78 Å². The highest BCUT2D eigenvalue weighted by atomic mass is 16.1. The fourth-order valence-corrected chi connectivity index (χ4v) is 2.17. The third-order valence-corrected chi connectivity index (χ3v) is 3.38. The predicted octanol–water partition coefficient (Wildman–Crippen LogP) is 2.44. The van der Waals surface area contributed by atoms with E-state index < -0.39 is 0 Å². The number of carbonyl (C=O) groups excluding carboxylic acids is 2. The van der Waals surface area contributed by atoms with Gasteiger partial charge >= 0.3 is 0 Å². The average Bonchev–Trinajstić information content (AvgIpc) is 3.06. The Morgan fingerprint density at radius 3 is 2.64 bits per heavy atom. The van der Waals surface area contributed by atoms with Gasteiger partial charge in [0.2, 0.25) is 5.91 Å². The average molecular weight is 299 g/mol. The molecule has 0 unspecified atom stereocenters. The lowest BCUT2D eigenvalue weighted by molar-refractivity contribution is -0.121. The van der Waals surface area contributed by atoms with Crippen LogP contribution in [0, 0.1) is 0 Å². The third-order valence-electron chi connectivity index (χ3n) is 3.38. The summed E-state index contributed by atoms with van der Waals surface area (Å²) in [6.07, 6.45) is 7.65. The van der Waals surface area contributed by atoms with Gasteiger partial charge in [-0.3, -0.25) is 9.59 Å². The van der Waals surface area contributed by atoms with E-state index in [-0.39, 0.29) is 11.7 Å². The van der Waals surface area contributed by atoms with Crippen LogP contribution in [-0.4, -0.2) is 27.8 Å². The highest BCUT2D eigenvalue weighted by Gasteiger charge is 2.07. The van der Waals surface area contributed by atoms with Gasteiger partial charge in [0, 0.05) is 43.9 Å². The number of nitrogens with zero attached hydrogens (tertiary/aromatic N) is 2. The molecule has 1 aromatic carbocycles. The van der Waals surface area contributed by atoms with Crippen LogP contribution in [0.5, 0.6) is 0 Å². The molecule has 2 aromatic rings. The first kappa shape index (κ1) is 15.9. The Morgan fingerprint density at radius 1 is 1.09 bits per heavy atom. The Balaban J connectivity index is 1.55. The lowest BCUT2D eigenvalue weighted by Gasteiger charge is -2.06. The number of nitrogens with one attached hydrogen (secondary N) is 1. The Kier molecular flexibility index (Phi) is 6.36. The second kappa shape index (κ2) is 8.77. The summed E-state index contributed by atoms with van der Waals surface area (Å²) < 4.78 is 1.98. The monoisotopic (exact) mass is 299 g/mol. The maximum absolute atomic E-state index is 11.9. The predicted molar refractivity (Wildman–Crippen MR) is 84.5 cm³/mol. The van der Waals surface area contributed by atoms with E-state index in [0.717, 1.165) is 13.0 Å². The Labute approximate surface area is 130 Å². The van der Waals surface area contributed by atoms with Crippen LogP contribution in [0.3, 0.4) is 0 Å². The molecule has 116 valence electrons. The highest BCUT2D eigenvalue weighted by Crippen LogP contribution is 2.06. The number of rotatable bonds is 9. The molecular weight excluding hydrogens is 278 g/mol. The van der Waals surface area contributed by atoms with Crippen molar-refractivity contribution in [2.75, 3.05) is 6.54 Å². The highest BCUT2D eigenvalue weighted by molar-refractivity contribution is 5.96. The fourth-order valence-electron chi connectivity index (χ4n) is 2.17. The van der Waals surface area contributed by atoms with Gasteiger partial charge in [0.05, 0.1) is 6.33 Å². The van der Waals surface area contributed by atoms with E-state index in [2.05, 4.69) is 10.3 Å². The molecule has 0 bridgehead atoms. The van der Waals surface area contributed by atoms with E-state index in [0.29, 0.717) is 31.4 Å². The fraction of sp³-hybridized carbons (Fsp3) is 0.353. The van der Waals surface area contributed by atoms with E-state index in [1.165, 1.54) is 0 Å². The zero-order valence-corrected chi connectivity index (χ0v) is 12.6. The first-order valence-corrected chi connectivity index (χ1v) is 7.56. The summed E-state index contributed by atoms with van der Waals surface area (Å²) in [6.45, 7) is 1.48. The van der Waals surface area contributed by atoms with Crippen LogP contribution in [0.4, 0.5) is 0 Å². The van der Waals surface area contributed by atoms with E-state index >= 15 is 0 Å². The van der Waals surface area contributed by atoms with Crippen LogP contribution in [-0.2, 0) is 11.3 Å². The second-order valence-electron chi connectivity index (χ2n) is 5.15. The van der Waals surface area contributed by atoms with Crippen molar-refractivity contribution in [3.05, 3.63) is 54.6 Å². The number of Topliss-reactive ketones (excluding diaryl/α,β-unsaturated/α-hetero) is 1. The SMILES string of the molecule is O=C(CCCC(=O)c1ccccc1)NCCCn1ccnc1. The zero-order chi connectivity index (χ0) is 15.6. The van der Waals surface area contributed by atoms with Crippen LogP contribution in [0.15, 0.2) is 49.1 Å². The summed E-state index contributed by atoms with van der Waals surface area (Å²) in [7, 11) is 0. The van der Waals surface area contributed by atoms with E-state index in [1.54, 1.807) is 24.7 Å². The van der Waals surface area contributed by atoms with Gasteiger partial charge in [-0.05, 0) is 12.8 Å². The van der Waals surface area contributed by atoms with Crippen molar-refractivity contribution in [1.29, 1.82) is 0 Å². The molecule has 0 saturated carbocycles. The number of hydrogen-bond acceptors (Lipinski definition) is 3. The summed E-state index contributed by atoms with van der Waals surface area (Å²) >= 11 is 0. The van der Waals surface area contributed by atoms with E-state index in [9.17, 15) is 9.59 Å². The van der Waals surface area contributed by atoms with E-state index in [4.69, 9.17) is 0 Å². The molecule has 5 heteroatoms. The van der Waals surface area contributed by atoms with Crippen molar-refractivity contribution in [2.45, 2.75) is 32.2 Å². The van der Waals surface area contributed by atoms with Gasteiger partial charge in [-0.2, -0.15) is 0 Å². The molecule has 1 aromatic heterocycles. The number of amides is 1.